The number of nitrogens with one attached hydrogen (secondary N) is 3. The first-order chi connectivity index (χ1) is 18.4. The number of aliphatic hydroxyl groups is 3. The summed E-state index contributed by atoms with van der Waals surface area (Å²) < 4.78 is 21.5. The van der Waals surface area contributed by atoms with E-state index < -0.39 is 49.9 Å². The Hall–Kier alpha value is -1.30. The summed E-state index contributed by atoms with van der Waals surface area (Å²) in [6, 6.07) is -1.03. The van der Waals surface area contributed by atoms with Gasteiger partial charge in [-0.1, -0.05) is 0 Å². The summed E-state index contributed by atoms with van der Waals surface area (Å²) >= 11 is 4.40. The average Bonchev–Trinajstić information content (AvgIpc) is 3.32. The van der Waals surface area contributed by atoms with Crippen LogP contribution in [0.1, 0.15) is 45.4 Å². The molecule has 0 aromatic rings. The predicted octanol–water partition coefficient (Wildman–Crippen LogP) is -2.49. The highest BCUT2D eigenvalue weighted by Crippen LogP contribution is 2.37. The van der Waals surface area contributed by atoms with E-state index in [1.54, 1.807) is 0 Å². The van der Waals surface area contributed by atoms with Crippen LogP contribution in [0, 0.1) is 0 Å². The third-order valence-electron chi connectivity index (χ3n) is 6.13. The van der Waals surface area contributed by atoms with Crippen LogP contribution in [0.3, 0.4) is 0 Å². The summed E-state index contributed by atoms with van der Waals surface area (Å²) in [5, 5.41) is 37.5. The van der Waals surface area contributed by atoms with Crippen molar-refractivity contribution in [2.75, 3.05) is 32.9 Å². The van der Waals surface area contributed by atoms with Crippen molar-refractivity contribution in [1.82, 2.24) is 16.0 Å². The summed E-state index contributed by atoms with van der Waals surface area (Å²) in [5.41, 5.74) is 0. The lowest BCUT2D eigenvalue weighted by Crippen LogP contribution is -2.64. The molecule has 2 fully saturated rings. The molecule has 0 unspecified atom stereocenters. The minimum absolute atomic E-state index is 0.0145. The van der Waals surface area contributed by atoms with E-state index in [0.717, 1.165) is 0 Å². The molecule has 226 valence electrons. The zero-order chi connectivity index (χ0) is 29.0. The van der Waals surface area contributed by atoms with Crippen molar-refractivity contribution in [2.24, 2.45) is 0 Å². The fraction of sp³-hybridized carbons (Fsp3) is 0.864. The summed E-state index contributed by atoms with van der Waals surface area (Å²) in [5.74, 6) is -0.900. The first-order valence-corrected chi connectivity index (χ1v) is 15.4. The molecule has 0 aliphatic carbocycles. The van der Waals surface area contributed by atoms with Crippen molar-refractivity contribution in [3.8, 4) is 0 Å². The highest BCUT2D eigenvalue weighted by molar-refractivity contribution is 8.06. The van der Waals surface area contributed by atoms with Gasteiger partial charge in [0.25, 0.3) is 0 Å². The van der Waals surface area contributed by atoms with Crippen molar-refractivity contribution in [3.63, 3.8) is 0 Å². The van der Waals surface area contributed by atoms with Crippen LogP contribution in [-0.4, -0.2) is 119 Å². The molecular formula is C22H40N3O12PS. The van der Waals surface area contributed by atoms with Crippen LogP contribution < -0.4 is 16.0 Å². The number of carbonyl (C=O) groups is 3. The molecule has 2 aliphatic rings. The monoisotopic (exact) mass is 601 g/mol. The van der Waals surface area contributed by atoms with E-state index in [9.17, 15) is 29.7 Å². The van der Waals surface area contributed by atoms with Crippen molar-refractivity contribution in [3.05, 3.63) is 0 Å². The fourth-order valence-corrected chi connectivity index (χ4v) is 4.70. The Morgan fingerprint density at radius 3 is 2.31 bits per heavy atom. The van der Waals surface area contributed by atoms with E-state index in [1.165, 1.54) is 6.92 Å². The minimum atomic E-state index is -3.72. The lowest BCUT2D eigenvalue weighted by molar-refractivity contribution is -0.270. The van der Waals surface area contributed by atoms with E-state index in [-0.39, 0.29) is 56.6 Å². The maximum absolute atomic E-state index is 12.0. The normalized spacial score (nSPS) is 29.1. The molecule has 7 atom stereocenters. The molecule has 0 bridgehead atoms. The van der Waals surface area contributed by atoms with Gasteiger partial charge in [0.05, 0.1) is 32.0 Å². The number of carbonyl (C=O) groups excluding carboxylic acids is 3. The fourth-order valence-electron chi connectivity index (χ4n) is 4.16. The third-order valence-corrected chi connectivity index (χ3v) is 6.94. The van der Waals surface area contributed by atoms with Gasteiger partial charge >= 0.3 is 6.72 Å². The van der Waals surface area contributed by atoms with E-state index in [1.807, 2.05) is 0 Å². The van der Waals surface area contributed by atoms with Crippen LogP contribution in [0.2, 0.25) is 0 Å². The number of amides is 3. The van der Waals surface area contributed by atoms with Crippen molar-refractivity contribution >= 4 is 36.2 Å². The maximum atomic E-state index is 12.0. The Kier molecular flexibility index (Phi) is 14.6. The number of rotatable bonds is 16. The van der Waals surface area contributed by atoms with Crippen LogP contribution in [0.15, 0.2) is 0 Å². The Morgan fingerprint density at radius 2 is 1.67 bits per heavy atom. The van der Waals surface area contributed by atoms with Gasteiger partial charge in [0.1, 0.15) is 24.4 Å². The number of hydrogen-bond acceptors (Lipinski definition) is 11. The molecule has 0 saturated carbocycles. The molecule has 0 aromatic heterocycles. The van der Waals surface area contributed by atoms with Crippen molar-refractivity contribution in [1.29, 1.82) is 0 Å². The summed E-state index contributed by atoms with van der Waals surface area (Å²) in [6.45, 7) is -2.34. The van der Waals surface area contributed by atoms with Gasteiger partial charge in [0, 0.05) is 32.9 Å². The van der Waals surface area contributed by atoms with Gasteiger partial charge < -0.3 is 59.8 Å². The third kappa shape index (κ3) is 12.8. The van der Waals surface area contributed by atoms with Crippen LogP contribution in [0.5, 0.6) is 0 Å². The van der Waals surface area contributed by atoms with E-state index in [2.05, 4.69) is 27.8 Å². The maximum Gasteiger partial charge on any atom is 0.321 e. The van der Waals surface area contributed by atoms with Gasteiger partial charge in [-0.2, -0.15) is 0 Å². The first-order valence-electron chi connectivity index (χ1n) is 12.8. The average molecular weight is 602 g/mol. The first kappa shape index (κ1) is 33.9. The number of ether oxygens (including phenoxy) is 3. The van der Waals surface area contributed by atoms with Gasteiger partial charge in [-0.05, 0) is 37.5 Å². The van der Waals surface area contributed by atoms with Crippen LogP contribution in [-0.2, 0) is 44.9 Å². The molecule has 0 spiro atoms. The smallest absolute Gasteiger partial charge is 0.321 e. The Balaban J connectivity index is 1.55. The molecule has 0 radical (unpaired) electrons. The van der Waals surface area contributed by atoms with E-state index >= 15 is 0 Å². The molecule has 2 rings (SSSR count). The topological polar surface area (TPSA) is 225 Å². The van der Waals surface area contributed by atoms with Crippen molar-refractivity contribution < 1.29 is 58.2 Å². The van der Waals surface area contributed by atoms with Crippen molar-refractivity contribution in [2.45, 2.75) is 88.3 Å². The molecule has 0 aromatic carbocycles. The highest BCUT2D eigenvalue weighted by Gasteiger charge is 2.45. The number of hydrogen-bond donors (Lipinski definition) is 8. The van der Waals surface area contributed by atoms with Crippen LogP contribution >= 0.6 is 6.72 Å². The molecule has 2 aliphatic heterocycles. The molecule has 15 nitrogen and oxygen atoms in total. The van der Waals surface area contributed by atoms with Crippen LogP contribution in [0.4, 0.5) is 0 Å². The van der Waals surface area contributed by atoms with Gasteiger partial charge in [0.2, 0.25) is 17.7 Å². The molecular weight excluding hydrogens is 561 g/mol. The second-order valence-corrected chi connectivity index (χ2v) is 12.1. The molecule has 2 heterocycles. The molecule has 8 N–H and O–H groups in total. The highest BCUT2D eigenvalue weighted by atomic mass is 32.5. The van der Waals surface area contributed by atoms with Gasteiger partial charge in [-0.3, -0.25) is 14.4 Å². The lowest BCUT2D eigenvalue weighted by Gasteiger charge is -2.42. The second kappa shape index (κ2) is 16.8. The minimum Gasteiger partial charge on any atom is -0.394 e. The summed E-state index contributed by atoms with van der Waals surface area (Å²) in [4.78, 5) is 53.7. The Labute approximate surface area is 231 Å². The zero-order valence-corrected chi connectivity index (χ0v) is 23.5. The largest absolute Gasteiger partial charge is 0.394 e. The molecule has 2 saturated heterocycles. The van der Waals surface area contributed by atoms with Gasteiger partial charge in [-0.15, -0.1) is 0 Å². The zero-order valence-electron chi connectivity index (χ0n) is 21.8. The quantitative estimate of drug-likeness (QED) is 0.0678. The Morgan fingerprint density at radius 1 is 1.00 bits per heavy atom. The SMILES string of the molecule is CC(=O)N[C@H]1[C@H](OCCCNC(=O)CCCC(=O)NC[C@H]2CC[C@@H](COP(O)(O)=S)O2)O[C@H](CO)[C@H](O)[C@@H]1O. The van der Waals surface area contributed by atoms with Crippen LogP contribution in [0.25, 0.3) is 0 Å². The summed E-state index contributed by atoms with van der Waals surface area (Å²) in [7, 11) is 0. The molecule has 17 heteroatoms. The van der Waals surface area contributed by atoms with E-state index in [4.69, 9.17) is 28.5 Å². The predicted molar refractivity (Wildman–Crippen MR) is 138 cm³/mol. The molecule has 39 heavy (non-hydrogen) atoms. The lowest BCUT2D eigenvalue weighted by atomic mass is 9.97. The summed E-state index contributed by atoms with van der Waals surface area (Å²) in [6.07, 6.45) is -3.09. The second-order valence-electron chi connectivity index (χ2n) is 9.41. The van der Waals surface area contributed by atoms with Gasteiger partial charge in [-0.25, -0.2) is 0 Å². The number of aliphatic hydroxyl groups excluding tert-OH is 3. The molecule has 3 amide bonds. The Bertz CT molecular complexity index is 849. The standard InChI is InChI=1S/C22H40N3O12PS/c1-13(27)25-19-21(31)20(30)16(11-26)37-22(19)34-9-3-8-23-17(28)4-2-5-18(29)24-10-14-6-7-15(36-14)12-35-38(32,33)39/h14-16,19-22,26,30-31H,2-12H2,1H3,(H,23,28)(H,24,29)(H,25,27)(H2,32,33,39)/t14-,15+,16-,19-,20+,21-,22-/m1/s1. The van der Waals surface area contributed by atoms with E-state index in [0.29, 0.717) is 32.2 Å². The van der Waals surface area contributed by atoms with Gasteiger partial charge in [0.15, 0.2) is 6.29 Å².